The van der Waals surface area contributed by atoms with E-state index in [-0.39, 0.29) is 11.7 Å². The summed E-state index contributed by atoms with van der Waals surface area (Å²) >= 11 is 3.99. The van der Waals surface area contributed by atoms with Crippen LogP contribution in [0.5, 0.6) is 0 Å². The third kappa shape index (κ3) is 10.1. The predicted octanol–water partition coefficient (Wildman–Crippen LogP) is -2.82. The Kier molecular flexibility index (Phi) is 12.2. The minimum absolute atomic E-state index is 0.167. The van der Waals surface area contributed by atoms with E-state index < -0.39 is 72.6 Å². The van der Waals surface area contributed by atoms with Crippen molar-refractivity contribution in [3.63, 3.8) is 0 Å². The number of hydrogen-bond acceptors (Lipinski definition) is 8. The Bertz CT molecular complexity index is 704. The van der Waals surface area contributed by atoms with E-state index in [0.29, 0.717) is 6.42 Å². The number of carbonyl (C=O) groups is 6. The molecule has 9 N–H and O–H groups in total. The van der Waals surface area contributed by atoms with Crippen molar-refractivity contribution in [2.45, 2.75) is 57.3 Å². The fourth-order valence-corrected chi connectivity index (χ4v) is 2.56. The van der Waals surface area contributed by atoms with Gasteiger partial charge in [0.05, 0.1) is 18.9 Å². The number of thiol groups is 1. The van der Waals surface area contributed by atoms with Crippen molar-refractivity contribution in [1.82, 2.24) is 16.0 Å². The smallest absolute Gasteiger partial charge is 0.326 e. The van der Waals surface area contributed by atoms with Gasteiger partial charge in [-0.05, 0) is 5.92 Å². The lowest BCUT2D eigenvalue weighted by molar-refractivity contribution is -0.147. The Balaban J connectivity index is 5.34. The predicted molar refractivity (Wildman–Crippen MR) is 111 cm³/mol. The summed E-state index contributed by atoms with van der Waals surface area (Å²) in [5.41, 5.74) is 10.9. The number of aliphatic carboxylic acids is 2. The van der Waals surface area contributed by atoms with Gasteiger partial charge in [0.15, 0.2) is 0 Å². The molecule has 0 heterocycles. The molecule has 0 spiro atoms. The number of carboxylic acids is 2. The molecule has 0 radical (unpaired) electrons. The summed E-state index contributed by atoms with van der Waals surface area (Å²) < 4.78 is 0. The van der Waals surface area contributed by atoms with Crippen LogP contribution >= 0.6 is 12.6 Å². The summed E-state index contributed by atoms with van der Waals surface area (Å²) in [5, 5.41) is 24.3. The average molecular weight is 464 g/mol. The second-order valence-electron chi connectivity index (χ2n) is 6.88. The highest BCUT2D eigenvalue weighted by molar-refractivity contribution is 7.80. The van der Waals surface area contributed by atoms with E-state index in [4.69, 9.17) is 21.7 Å². The van der Waals surface area contributed by atoms with Crippen molar-refractivity contribution in [2.24, 2.45) is 17.4 Å². The Morgan fingerprint density at radius 3 is 1.77 bits per heavy atom. The molecule has 0 aromatic carbocycles. The number of carboxylic acid groups (broad SMARTS) is 2. The summed E-state index contributed by atoms with van der Waals surface area (Å²) in [6.45, 7) is 3.59. The molecule has 0 aromatic heterocycles. The van der Waals surface area contributed by atoms with E-state index in [1.807, 2.05) is 12.2 Å². The average Bonchev–Trinajstić information content (AvgIpc) is 2.68. The number of carbonyl (C=O) groups excluding carboxylic acids is 4. The number of hydrogen-bond donors (Lipinski definition) is 8. The largest absolute Gasteiger partial charge is 0.481 e. The molecule has 0 aliphatic carbocycles. The molecule has 31 heavy (non-hydrogen) atoms. The number of amides is 4. The van der Waals surface area contributed by atoms with Crippen LogP contribution in [0.4, 0.5) is 0 Å². The highest BCUT2D eigenvalue weighted by atomic mass is 32.1. The van der Waals surface area contributed by atoms with E-state index in [2.05, 4.69) is 23.3 Å². The first kappa shape index (κ1) is 28.1. The van der Waals surface area contributed by atoms with Crippen LogP contribution in [0, 0.1) is 5.92 Å². The molecule has 0 bridgehead atoms. The van der Waals surface area contributed by atoms with E-state index in [0.717, 1.165) is 0 Å². The lowest BCUT2D eigenvalue weighted by Gasteiger charge is -2.24. The maximum Gasteiger partial charge on any atom is 0.326 e. The Hall–Kier alpha value is -2.87. The Morgan fingerprint density at radius 1 is 0.871 bits per heavy atom. The fourth-order valence-electron chi connectivity index (χ4n) is 2.30. The van der Waals surface area contributed by atoms with Crippen LogP contribution in [0.15, 0.2) is 0 Å². The van der Waals surface area contributed by atoms with Gasteiger partial charge < -0.3 is 37.6 Å². The lowest BCUT2D eigenvalue weighted by atomic mass is 9.99. The molecule has 0 aliphatic heterocycles. The highest BCUT2D eigenvalue weighted by Gasteiger charge is 2.32. The SMILES string of the molecule is CCC(C)C(N)C(=O)NC(CS)C(=O)NC(CC(N)=O)C(=O)NC(CC(=O)O)C(=O)O. The zero-order chi connectivity index (χ0) is 24.3. The molecule has 4 amide bonds. The van der Waals surface area contributed by atoms with Gasteiger partial charge in [-0.3, -0.25) is 24.0 Å². The van der Waals surface area contributed by atoms with Crippen LogP contribution < -0.4 is 27.4 Å². The highest BCUT2D eigenvalue weighted by Crippen LogP contribution is 2.06. The molecular formula is C17H29N5O8S. The Labute approximate surface area is 184 Å². The molecule has 0 aliphatic rings. The van der Waals surface area contributed by atoms with Gasteiger partial charge in [-0.2, -0.15) is 12.6 Å². The summed E-state index contributed by atoms with van der Waals surface area (Å²) in [5.74, 6) is -7.10. The van der Waals surface area contributed by atoms with Crippen LogP contribution in [-0.2, 0) is 28.8 Å². The van der Waals surface area contributed by atoms with Crippen LogP contribution in [-0.4, -0.2) is 75.7 Å². The minimum Gasteiger partial charge on any atom is -0.481 e. The quantitative estimate of drug-likeness (QED) is 0.124. The Morgan fingerprint density at radius 2 is 1.35 bits per heavy atom. The van der Waals surface area contributed by atoms with Gasteiger partial charge in [0.25, 0.3) is 0 Å². The maximum atomic E-state index is 12.5. The molecule has 5 atom stereocenters. The van der Waals surface area contributed by atoms with Crippen molar-refractivity contribution >= 4 is 48.2 Å². The van der Waals surface area contributed by atoms with Gasteiger partial charge in [0, 0.05) is 5.75 Å². The monoisotopic (exact) mass is 463 g/mol. The lowest BCUT2D eigenvalue weighted by Crippen LogP contribution is -2.58. The molecule has 0 saturated carbocycles. The zero-order valence-electron chi connectivity index (χ0n) is 17.2. The molecule has 13 nitrogen and oxygen atoms in total. The van der Waals surface area contributed by atoms with Gasteiger partial charge in [0.1, 0.15) is 18.1 Å². The zero-order valence-corrected chi connectivity index (χ0v) is 18.1. The van der Waals surface area contributed by atoms with Crippen molar-refractivity contribution in [3.8, 4) is 0 Å². The molecule has 14 heteroatoms. The van der Waals surface area contributed by atoms with Crippen molar-refractivity contribution < 1.29 is 39.0 Å². The van der Waals surface area contributed by atoms with E-state index in [1.165, 1.54) is 0 Å². The summed E-state index contributed by atoms with van der Waals surface area (Å²) in [4.78, 5) is 70.3. The third-order valence-electron chi connectivity index (χ3n) is 4.41. The third-order valence-corrected chi connectivity index (χ3v) is 4.77. The summed E-state index contributed by atoms with van der Waals surface area (Å²) in [7, 11) is 0. The first-order valence-electron chi connectivity index (χ1n) is 9.34. The van der Waals surface area contributed by atoms with Crippen LogP contribution in [0.3, 0.4) is 0 Å². The second-order valence-corrected chi connectivity index (χ2v) is 7.25. The van der Waals surface area contributed by atoms with E-state index >= 15 is 0 Å². The standard InChI is InChI=1S/C17H29N5O8S/c1-3-7(2)13(19)16(28)22-10(6-31)15(27)20-8(4-11(18)23)14(26)21-9(17(29)30)5-12(24)25/h7-10,13,31H,3-6,19H2,1-2H3,(H2,18,23)(H,20,27)(H,21,26)(H,22,28)(H,24,25)(H,29,30). The number of nitrogens with one attached hydrogen (secondary N) is 3. The van der Waals surface area contributed by atoms with Gasteiger partial charge in [-0.15, -0.1) is 0 Å². The summed E-state index contributed by atoms with van der Waals surface area (Å²) in [6, 6.07) is -5.52. The van der Waals surface area contributed by atoms with Crippen LogP contribution in [0.2, 0.25) is 0 Å². The van der Waals surface area contributed by atoms with Gasteiger partial charge >= 0.3 is 11.9 Å². The van der Waals surface area contributed by atoms with Crippen molar-refractivity contribution in [1.29, 1.82) is 0 Å². The maximum absolute atomic E-state index is 12.5. The topological polar surface area (TPSA) is 231 Å². The molecule has 176 valence electrons. The van der Waals surface area contributed by atoms with Gasteiger partial charge in [0.2, 0.25) is 23.6 Å². The second kappa shape index (κ2) is 13.4. The van der Waals surface area contributed by atoms with Crippen LogP contribution in [0.25, 0.3) is 0 Å². The summed E-state index contributed by atoms with van der Waals surface area (Å²) in [6.07, 6.45) is -1.01. The van der Waals surface area contributed by atoms with Crippen LogP contribution in [0.1, 0.15) is 33.1 Å². The normalized spacial score (nSPS) is 15.5. The van der Waals surface area contributed by atoms with Gasteiger partial charge in [-0.25, -0.2) is 4.79 Å². The molecule has 5 unspecified atom stereocenters. The van der Waals surface area contributed by atoms with Crippen molar-refractivity contribution in [3.05, 3.63) is 0 Å². The molecule has 0 rings (SSSR count). The van der Waals surface area contributed by atoms with Gasteiger partial charge in [-0.1, -0.05) is 20.3 Å². The van der Waals surface area contributed by atoms with E-state index in [9.17, 15) is 28.8 Å². The molecule has 0 fully saturated rings. The number of nitrogens with two attached hydrogens (primary N) is 2. The molecular weight excluding hydrogens is 434 g/mol. The minimum atomic E-state index is -1.80. The molecule has 0 saturated heterocycles. The molecule has 0 aromatic rings. The first-order chi connectivity index (χ1) is 14.3. The number of rotatable bonds is 14. The fraction of sp³-hybridized carbons (Fsp3) is 0.647. The van der Waals surface area contributed by atoms with Crippen molar-refractivity contribution in [2.75, 3.05) is 5.75 Å². The number of primary amides is 1. The first-order valence-corrected chi connectivity index (χ1v) is 9.97. The van der Waals surface area contributed by atoms with E-state index in [1.54, 1.807) is 6.92 Å².